The second-order valence-electron chi connectivity index (χ2n) is 26.3. The number of hydrogen-bond donors (Lipinski definition) is 0. The predicted molar refractivity (Wildman–Crippen MR) is 349 cm³/mol. The highest BCUT2D eigenvalue weighted by atomic mass is 14.8. The summed E-state index contributed by atoms with van der Waals surface area (Å²) in [5.74, 6) is 28.5. The molecule has 0 nitrogen and oxygen atoms in total. The number of allylic oxidation sites excluding steroid dienone is 4. The molecule has 8 aliphatic carbocycles. The zero-order chi connectivity index (χ0) is 56.3. The van der Waals surface area contributed by atoms with Crippen molar-refractivity contribution in [2.75, 3.05) is 0 Å². The van der Waals surface area contributed by atoms with Gasteiger partial charge in [0.25, 0.3) is 0 Å². The van der Waals surface area contributed by atoms with Gasteiger partial charge in [0.1, 0.15) is 0 Å². The summed E-state index contributed by atoms with van der Waals surface area (Å²) in [5, 5.41) is 0. The molecular formula is C84H70. The van der Waals surface area contributed by atoms with Gasteiger partial charge in [0.15, 0.2) is 0 Å². The molecule has 8 aromatic carbocycles. The summed E-state index contributed by atoms with van der Waals surface area (Å²) in [6, 6.07) is 77.2. The second-order valence-corrected chi connectivity index (χ2v) is 26.3. The third-order valence-corrected chi connectivity index (χ3v) is 20.1. The summed E-state index contributed by atoms with van der Waals surface area (Å²) in [6.07, 6.45) is 36.3. The Morgan fingerprint density at radius 2 is 0.429 bits per heavy atom. The van der Waals surface area contributed by atoms with Crippen LogP contribution in [0.4, 0.5) is 0 Å². The number of benzene rings is 8. The van der Waals surface area contributed by atoms with Gasteiger partial charge >= 0.3 is 0 Å². The molecular weight excluding hydrogens is 1010 g/mol. The first-order valence-electron chi connectivity index (χ1n) is 30.6. The van der Waals surface area contributed by atoms with E-state index in [1.165, 1.54) is 99.3 Å². The molecule has 406 valence electrons. The van der Waals surface area contributed by atoms with Crippen LogP contribution in [-0.4, -0.2) is 0 Å². The monoisotopic (exact) mass is 1080 g/mol. The van der Waals surface area contributed by atoms with E-state index in [0.29, 0.717) is 11.8 Å². The molecule has 0 aromatic heterocycles. The second kappa shape index (κ2) is 22.3. The van der Waals surface area contributed by atoms with Crippen molar-refractivity contribution < 1.29 is 0 Å². The van der Waals surface area contributed by atoms with E-state index in [-0.39, 0.29) is 32.5 Å². The fourth-order valence-corrected chi connectivity index (χ4v) is 17.6. The molecule has 8 aromatic rings. The normalized spacial score (nSPS) is 27.6. The van der Waals surface area contributed by atoms with Crippen LogP contribution in [0.2, 0.25) is 0 Å². The minimum Gasteiger partial charge on any atom is -0.0776 e. The van der Waals surface area contributed by atoms with Crippen LogP contribution in [0.5, 0.6) is 0 Å². The van der Waals surface area contributed by atoms with Crippen molar-refractivity contribution in [3.63, 3.8) is 0 Å². The first-order valence-corrected chi connectivity index (χ1v) is 30.6. The molecule has 0 spiro atoms. The van der Waals surface area contributed by atoms with Crippen LogP contribution in [0.15, 0.2) is 243 Å². The van der Waals surface area contributed by atoms with Gasteiger partial charge in [0.2, 0.25) is 0 Å². The van der Waals surface area contributed by atoms with Crippen molar-refractivity contribution in [2.45, 2.75) is 77.0 Å². The summed E-state index contributed by atoms with van der Waals surface area (Å²) < 4.78 is 0. The molecule has 0 heterocycles. The molecule has 84 heavy (non-hydrogen) atoms. The summed E-state index contributed by atoms with van der Waals surface area (Å²) >= 11 is 0. The van der Waals surface area contributed by atoms with Gasteiger partial charge in [0.05, 0.1) is 0 Å². The van der Waals surface area contributed by atoms with Gasteiger partial charge in [-0.2, -0.15) is 0 Å². The van der Waals surface area contributed by atoms with Gasteiger partial charge in [0, 0.05) is 44.5 Å². The maximum absolute atomic E-state index is 3.41. The van der Waals surface area contributed by atoms with Gasteiger partial charge in [-0.3, -0.25) is 0 Å². The Morgan fingerprint density at radius 1 is 0.226 bits per heavy atom. The van der Waals surface area contributed by atoms with Crippen LogP contribution in [0.3, 0.4) is 0 Å². The maximum atomic E-state index is 3.41. The van der Waals surface area contributed by atoms with Crippen molar-refractivity contribution in [2.24, 2.45) is 44.3 Å². The quantitative estimate of drug-likeness (QED) is 0.126. The van der Waals surface area contributed by atoms with Gasteiger partial charge in [-0.15, -0.1) is 0 Å². The third-order valence-electron chi connectivity index (χ3n) is 20.1. The van der Waals surface area contributed by atoms with E-state index in [9.17, 15) is 0 Å². The molecule has 16 rings (SSSR count). The molecule has 0 amide bonds. The van der Waals surface area contributed by atoms with Crippen LogP contribution in [0.25, 0.3) is 24.3 Å². The molecule has 0 N–H and O–H groups in total. The molecule has 0 radical (unpaired) electrons. The van der Waals surface area contributed by atoms with E-state index in [4.69, 9.17) is 0 Å². The Balaban J connectivity index is 0.817. The van der Waals surface area contributed by atoms with E-state index in [1.807, 2.05) is 24.3 Å². The van der Waals surface area contributed by atoms with Gasteiger partial charge in [-0.1, -0.05) is 217 Å². The van der Waals surface area contributed by atoms with E-state index < -0.39 is 0 Å². The highest BCUT2D eigenvalue weighted by molar-refractivity contribution is 5.59. The Labute approximate surface area is 499 Å². The van der Waals surface area contributed by atoms with Crippen LogP contribution >= 0.6 is 0 Å². The average Bonchev–Trinajstić information content (AvgIpc) is 0.719. The first-order chi connectivity index (χ1) is 41.2. The lowest BCUT2D eigenvalue weighted by atomic mass is 9.28. The lowest BCUT2D eigenvalue weighted by molar-refractivity contribution is -0.246. The summed E-state index contributed by atoms with van der Waals surface area (Å²) in [4.78, 5) is 0. The molecule has 8 aliphatic rings. The van der Waals surface area contributed by atoms with Crippen LogP contribution in [0, 0.1) is 91.7 Å². The smallest absolute Gasteiger partial charge is 0.0249 e. The molecule has 4 unspecified atom stereocenters. The molecule has 0 aliphatic heterocycles. The van der Waals surface area contributed by atoms with Crippen molar-refractivity contribution in [3.05, 3.63) is 309 Å². The Morgan fingerprint density at radius 3 is 0.643 bits per heavy atom. The number of hydrogen-bond acceptors (Lipinski definition) is 0. The van der Waals surface area contributed by atoms with Crippen molar-refractivity contribution in [1.29, 1.82) is 0 Å². The van der Waals surface area contributed by atoms with E-state index in [2.05, 4.69) is 290 Å². The predicted octanol–water partition coefficient (Wildman–Crippen LogP) is 19.4. The minimum absolute atomic E-state index is 0.109. The van der Waals surface area contributed by atoms with Crippen LogP contribution in [0.1, 0.15) is 144 Å². The molecule has 0 saturated heterocycles. The number of rotatable bonds is 9. The van der Waals surface area contributed by atoms with Crippen LogP contribution < -0.4 is 0 Å². The Hall–Kier alpha value is -9.04. The van der Waals surface area contributed by atoms with E-state index in [0.717, 1.165) is 44.5 Å². The zero-order valence-corrected chi connectivity index (χ0v) is 48.0. The topological polar surface area (TPSA) is 0 Å². The van der Waals surface area contributed by atoms with Crippen molar-refractivity contribution >= 4 is 24.3 Å². The lowest BCUT2D eigenvalue weighted by Gasteiger charge is -2.76. The Bertz CT molecular complexity index is 3540. The zero-order valence-electron chi connectivity index (χ0n) is 48.0. The van der Waals surface area contributed by atoms with E-state index in [1.54, 1.807) is 0 Å². The molecule has 8 saturated carbocycles. The highest BCUT2D eigenvalue weighted by Gasteiger charge is 2.73. The van der Waals surface area contributed by atoms with Gasteiger partial charge in [-0.25, -0.2) is 0 Å². The molecule has 8 bridgehead atoms. The minimum atomic E-state index is 0.109. The van der Waals surface area contributed by atoms with Gasteiger partial charge < -0.3 is 0 Å². The molecule has 4 atom stereocenters. The first kappa shape index (κ1) is 53.0. The lowest BCUT2D eigenvalue weighted by Crippen LogP contribution is -2.67. The standard InChI is InChI=1S/C84H70/c1-5-13-65(14-6-1)21-25-69-29-37-73(38-30-69)45-49-79-53-77-54-80(59-79,50-46-74-39-31-70(32-40-74)26-22-66-15-7-2-8-16-66)62-83(57-77,61-79)84-58-78-55-81(63-84,51-47-75-41-33-71(34-42-75)27-23-67-17-9-3-10-18-67)60-82(56-78,64-84)52-48-76-43-35-72(36-44-76)28-24-68-19-11-4-12-20-68/h1-20,29-52,77-78H,53-64H2. The third kappa shape index (κ3) is 11.4. The van der Waals surface area contributed by atoms with Crippen LogP contribution in [-0.2, 0) is 0 Å². The fraction of sp³-hybridized carbons (Fsp3) is 0.238. The molecule has 8 fully saturated rings. The average molecular weight is 1080 g/mol. The summed E-state index contributed by atoms with van der Waals surface area (Å²) in [5.41, 5.74) is 14.3. The molecule has 0 heteroatoms. The SMILES string of the molecule is C(#Cc1ccc(C=CC23CC4CC(C=Cc5ccc(C#Cc6ccccc6)cc5)(C2)CC(C25CC6CC(C=Cc7ccc(C#Cc8ccccc8)cc7)(CC(C=Cc7ccc(C#Cc8ccccc8)cc7)(C6)C2)C5)(C4)C3)cc1)c1ccccc1. The summed E-state index contributed by atoms with van der Waals surface area (Å²) in [6.45, 7) is 0. The largest absolute Gasteiger partial charge is 0.0776 e. The van der Waals surface area contributed by atoms with Gasteiger partial charge in [-0.05, 0) is 241 Å². The van der Waals surface area contributed by atoms with E-state index >= 15 is 0 Å². The maximum Gasteiger partial charge on any atom is 0.0249 e. The van der Waals surface area contributed by atoms with Crippen molar-refractivity contribution in [3.8, 4) is 47.4 Å². The summed E-state index contributed by atoms with van der Waals surface area (Å²) in [7, 11) is 0. The fourth-order valence-electron chi connectivity index (χ4n) is 17.6. The highest BCUT2D eigenvalue weighted by Crippen LogP contribution is 2.83. The Kier molecular flexibility index (Phi) is 14.1. The van der Waals surface area contributed by atoms with Crippen molar-refractivity contribution in [1.82, 2.24) is 0 Å².